The number of hydrogen-bond acceptors (Lipinski definition) is 5. The smallest absolute Gasteiger partial charge is 0.271 e. The van der Waals surface area contributed by atoms with Gasteiger partial charge in [0, 0.05) is 23.9 Å². The second-order valence-corrected chi connectivity index (χ2v) is 6.75. The normalized spacial score (nSPS) is 11.2. The zero-order valence-electron chi connectivity index (χ0n) is 16.2. The van der Waals surface area contributed by atoms with Crippen LogP contribution in [0.1, 0.15) is 5.56 Å². The van der Waals surface area contributed by atoms with Crippen molar-refractivity contribution >= 4 is 34.4 Å². The largest absolute Gasteiger partial charge is 0.426 e. The van der Waals surface area contributed by atoms with E-state index in [1.165, 1.54) is 60.7 Å². The van der Waals surface area contributed by atoms with Gasteiger partial charge in [0.15, 0.2) is 5.82 Å². The Morgan fingerprint density at radius 3 is 2.53 bits per heavy atom. The van der Waals surface area contributed by atoms with Gasteiger partial charge >= 0.3 is 0 Å². The summed E-state index contributed by atoms with van der Waals surface area (Å²) in [6.45, 7) is 0. The predicted molar refractivity (Wildman–Crippen MR) is 113 cm³/mol. The molecule has 1 heterocycles. The molecule has 1 amide bonds. The summed E-state index contributed by atoms with van der Waals surface area (Å²) in [6.07, 6.45) is 2.70. The van der Waals surface area contributed by atoms with E-state index in [0.29, 0.717) is 10.3 Å². The number of nitrogens with one attached hydrogen (secondary N) is 1. The Balaban J connectivity index is 1.55. The molecule has 0 spiro atoms. The summed E-state index contributed by atoms with van der Waals surface area (Å²) in [4.78, 5) is 26.5. The van der Waals surface area contributed by atoms with Gasteiger partial charge in [-0.25, -0.2) is 13.8 Å². The van der Waals surface area contributed by atoms with Gasteiger partial charge in [0.1, 0.15) is 17.2 Å². The fraction of sp³-hybridized carbons (Fsp3) is 0. The van der Waals surface area contributed by atoms with E-state index in [4.69, 9.17) is 0 Å². The van der Waals surface area contributed by atoms with Gasteiger partial charge in [0.2, 0.25) is 5.91 Å². The Hall–Kier alpha value is -4.60. The molecule has 0 bridgehead atoms. The highest BCUT2D eigenvalue weighted by molar-refractivity contribution is 6.02. The van der Waals surface area contributed by atoms with Crippen molar-refractivity contribution in [1.82, 2.24) is 9.71 Å². The van der Waals surface area contributed by atoms with Crippen LogP contribution in [-0.4, -0.2) is 25.8 Å². The average Bonchev–Trinajstić information content (AvgIpc) is 3.09. The number of nitro benzene ring substituents is 1. The fourth-order valence-electron chi connectivity index (χ4n) is 3.04. The number of non-ortho nitro benzene ring substituents is 1. The van der Waals surface area contributed by atoms with Crippen LogP contribution in [0.25, 0.3) is 28.5 Å². The van der Waals surface area contributed by atoms with Crippen LogP contribution in [0.5, 0.6) is 0 Å². The molecule has 0 radical (unpaired) electrons. The van der Waals surface area contributed by atoms with Gasteiger partial charge in [-0.1, -0.05) is 12.1 Å². The number of carbonyl (C=O) groups excluding carboxylic acids is 1. The molecule has 0 aliphatic rings. The number of halogens is 2. The second-order valence-electron chi connectivity index (χ2n) is 6.75. The van der Waals surface area contributed by atoms with Crippen molar-refractivity contribution in [1.29, 1.82) is 0 Å². The van der Waals surface area contributed by atoms with Crippen LogP contribution in [0, 0.1) is 21.7 Å². The molecule has 8 nitrogen and oxygen atoms in total. The molecule has 1 aromatic heterocycles. The number of carbonyl (C=O) groups is 1. The summed E-state index contributed by atoms with van der Waals surface area (Å²) >= 11 is 0. The minimum Gasteiger partial charge on any atom is -0.426 e. The van der Waals surface area contributed by atoms with E-state index >= 15 is 0 Å². The number of benzene rings is 3. The first-order valence-electron chi connectivity index (χ1n) is 9.22. The van der Waals surface area contributed by atoms with Gasteiger partial charge in [-0.05, 0) is 48.0 Å². The topological polar surface area (TPSA) is 110 Å². The van der Waals surface area contributed by atoms with Crippen molar-refractivity contribution in [2.24, 2.45) is 0 Å². The number of amides is 1. The number of fused-ring (bicyclic) bond motifs is 1. The molecule has 0 aliphatic carbocycles. The summed E-state index contributed by atoms with van der Waals surface area (Å²) < 4.78 is 28.2. The van der Waals surface area contributed by atoms with E-state index in [0.717, 1.165) is 12.1 Å². The molecule has 4 rings (SSSR count). The van der Waals surface area contributed by atoms with E-state index in [1.807, 2.05) is 0 Å². The van der Waals surface area contributed by atoms with E-state index < -0.39 is 22.5 Å². The van der Waals surface area contributed by atoms with Crippen molar-refractivity contribution in [3.8, 4) is 11.4 Å². The van der Waals surface area contributed by atoms with Crippen LogP contribution in [-0.2, 0) is 4.79 Å². The molecule has 2 N–H and O–H groups in total. The van der Waals surface area contributed by atoms with Crippen molar-refractivity contribution in [2.75, 3.05) is 5.32 Å². The molecule has 0 saturated carbocycles. The number of anilines is 1. The van der Waals surface area contributed by atoms with E-state index in [9.17, 15) is 28.9 Å². The molecule has 10 heteroatoms. The molecule has 0 fully saturated rings. The summed E-state index contributed by atoms with van der Waals surface area (Å²) in [7, 11) is 0. The van der Waals surface area contributed by atoms with Crippen LogP contribution in [0.2, 0.25) is 0 Å². The summed E-state index contributed by atoms with van der Waals surface area (Å²) in [5.41, 5.74) is 0.770. The monoisotopic (exact) mass is 436 g/mol. The molecular formula is C22H14F2N4O4. The standard InChI is InChI=1S/C22H14F2N4O4/c23-14-4-1-13(2-5-14)3-10-21(29)25-15-6-8-17(18(24)11-15)22-26-19-9-7-16(28(31)32)12-20(19)27(22)30/h1-12,30H,(H,25,29)/b10-3+. The predicted octanol–water partition coefficient (Wildman–Crippen LogP) is 4.78. The molecule has 0 aliphatic heterocycles. The van der Waals surface area contributed by atoms with Crippen LogP contribution >= 0.6 is 0 Å². The molecule has 160 valence electrons. The van der Waals surface area contributed by atoms with Crippen molar-refractivity contribution in [3.63, 3.8) is 0 Å². The lowest BCUT2D eigenvalue weighted by molar-refractivity contribution is -0.384. The minimum absolute atomic E-state index is 0.0527. The maximum Gasteiger partial charge on any atom is 0.271 e. The van der Waals surface area contributed by atoms with Crippen molar-refractivity contribution in [2.45, 2.75) is 0 Å². The third-order valence-corrected chi connectivity index (χ3v) is 4.60. The number of rotatable bonds is 5. The van der Waals surface area contributed by atoms with E-state index in [2.05, 4.69) is 10.3 Å². The first-order chi connectivity index (χ1) is 15.3. The number of nitrogens with zero attached hydrogens (tertiary/aromatic N) is 3. The maximum absolute atomic E-state index is 14.7. The highest BCUT2D eigenvalue weighted by Gasteiger charge is 2.18. The molecule has 0 atom stereocenters. The Labute approximate surface area is 179 Å². The molecule has 0 saturated heterocycles. The van der Waals surface area contributed by atoms with Crippen LogP contribution < -0.4 is 5.32 Å². The second kappa shape index (κ2) is 8.26. The number of nitro groups is 1. The Morgan fingerprint density at radius 1 is 1.09 bits per heavy atom. The lowest BCUT2D eigenvalue weighted by Crippen LogP contribution is -2.08. The Morgan fingerprint density at radius 2 is 1.84 bits per heavy atom. The highest BCUT2D eigenvalue weighted by atomic mass is 19.1. The summed E-state index contributed by atoms with van der Waals surface area (Å²) in [5, 5.41) is 23.8. The lowest BCUT2D eigenvalue weighted by Gasteiger charge is -2.06. The number of hydrogen-bond donors (Lipinski definition) is 2. The Bertz CT molecular complexity index is 1380. The quantitative estimate of drug-likeness (QED) is 0.203. The summed E-state index contributed by atoms with van der Waals surface area (Å²) in [5.74, 6) is -1.84. The van der Waals surface area contributed by atoms with Crippen LogP contribution in [0.4, 0.5) is 20.2 Å². The lowest BCUT2D eigenvalue weighted by atomic mass is 10.1. The molecule has 4 aromatic rings. The van der Waals surface area contributed by atoms with Gasteiger partial charge in [0.05, 0.1) is 16.0 Å². The zero-order chi connectivity index (χ0) is 22.8. The van der Waals surface area contributed by atoms with Crippen LogP contribution in [0.15, 0.2) is 66.7 Å². The first kappa shape index (κ1) is 20.7. The van der Waals surface area contributed by atoms with Crippen LogP contribution in [0.3, 0.4) is 0 Å². The van der Waals surface area contributed by atoms with Gasteiger partial charge in [-0.3, -0.25) is 14.9 Å². The van der Waals surface area contributed by atoms with E-state index in [1.54, 1.807) is 0 Å². The Kier molecular flexibility index (Phi) is 5.34. The average molecular weight is 436 g/mol. The van der Waals surface area contributed by atoms with Gasteiger partial charge in [-0.2, -0.15) is 4.73 Å². The van der Waals surface area contributed by atoms with Gasteiger partial charge < -0.3 is 10.5 Å². The third-order valence-electron chi connectivity index (χ3n) is 4.60. The number of imidazole rings is 1. The van der Waals surface area contributed by atoms with E-state index in [-0.39, 0.29) is 33.8 Å². The fourth-order valence-corrected chi connectivity index (χ4v) is 3.04. The SMILES string of the molecule is O=C(/C=C/c1ccc(F)cc1)Nc1ccc(-c2nc3ccc([N+](=O)[O-])cc3n2O)c(F)c1. The van der Waals surface area contributed by atoms with Gasteiger partial charge in [-0.15, -0.1) is 0 Å². The number of aromatic nitrogens is 2. The molecule has 0 unspecified atom stereocenters. The van der Waals surface area contributed by atoms with Crippen molar-refractivity contribution in [3.05, 3.63) is 94.1 Å². The highest BCUT2D eigenvalue weighted by Crippen LogP contribution is 2.29. The molecular weight excluding hydrogens is 422 g/mol. The third kappa shape index (κ3) is 4.15. The van der Waals surface area contributed by atoms with Crippen molar-refractivity contribution < 1.29 is 23.7 Å². The van der Waals surface area contributed by atoms with Gasteiger partial charge in [0.25, 0.3) is 5.69 Å². The first-order valence-corrected chi connectivity index (χ1v) is 9.22. The maximum atomic E-state index is 14.7. The minimum atomic E-state index is -0.773. The summed E-state index contributed by atoms with van der Waals surface area (Å²) in [6, 6.07) is 13.0. The molecule has 32 heavy (non-hydrogen) atoms. The zero-order valence-corrected chi connectivity index (χ0v) is 16.2. The molecule has 3 aromatic carbocycles.